The second-order valence-electron chi connectivity index (χ2n) is 5.07. The van der Waals surface area contributed by atoms with E-state index in [0.717, 1.165) is 24.2 Å². The van der Waals surface area contributed by atoms with Crippen molar-refractivity contribution in [1.82, 2.24) is 0 Å². The van der Waals surface area contributed by atoms with Gasteiger partial charge in [0, 0.05) is 5.69 Å². The van der Waals surface area contributed by atoms with Crippen LogP contribution in [-0.4, -0.2) is 15.0 Å². The Morgan fingerprint density at radius 3 is 2.32 bits per heavy atom. The number of benzene rings is 2. The number of hydrogen-bond donors (Lipinski definition) is 1. The molecule has 1 N–H and O–H groups in total. The fourth-order valence-corrected chi connectivity index (χ4v) is 3.16. The van der Waals surface area contributed by atoms with Crippen molar-refractivity contribution < 1.29 is 13.2 Å². The zero-order valence-electron chi connectivity index (χ0n) is 12.7. The second-order valence-corrected chi connectivity index (χ2v) is 6.80. The molecule has 0 saturated carbocycles. The van der Waals surface area contributed by atoms with Crippen LogP contribution >= 0.6 is 0 Å². The molecule has 5 heteroatoms. The Morgan fingerprint density at radius 1 is 1.00 bits per heavy atom. The van der Waals surface area contributed by atoms with Crippen LogP contribution in [0.5, 0.6) is 5.75 Å². The molecule has 0 fully saturated rings. The van der Waals surface area contributed by atoms with E-state index in [0.29, 0.717) is 12.3 Å². The van der Waals surface area contributed by atoms with Crippen LogP contribution < -0.4 is 9.46 Å². The summed E-state index contributed by atoms with van der Waals surface area (Å²) in [5, 5.41) is 0. The molecule has 0 spiro atoms. The lowest BCUT2D eigenvalue weighted by atomic mass is 10.2. The Balaban J connectivity index is 1.94. The molecule has 0 unspecified atom stereocenters. The Hall–Kier alpha value is -2.01. The van der Waals surface area contributed by atoms with Gasteiger partial charge in [0.1, 0.15) is 5.75 Å². The number of nitrogens with one attached hydrogen (secondary N) is 1. The number of sulfonamides is 1. The Labute approximate surface area is 132 Å². The molecule has 2 aromatic rings. The van der Waals surface area contributed by atoms with Crippen molar-refractivity contribution in [2.45, 2.75) is 25.5 Å². The van der Waals surface area contributed by atoms with Crippen molar-refractivity contribution in [2.75, 3.05) is 11.3 Å². The molecule has 0 heterocycles. The summed E-state index contributed by atoms with van der Waals surface area (Å²) in [4.78, 5) is 0. The highest BCUT2D eigenvalue weighted by Crippen LogP contribution is 2.18. The molecule has 118 valence electrons. The molecular weight excluding hydrogens is 298 g/mol. The maximum Gasteiger partial charge on any atom is 0.236 e. The van der Waals surface area contributed by atoms with E-state index < -0.39 is 10.0 Å². The van der Waals surface area contributed by atoms with Crippen molar-refractivity contribution in [2.24, 2.45) is 0 Å². The summed E-state index contributed by atoms with van der Waals surface area (Å²) in [6.45, 7) is 2.78. The van der Waals surface area contributed by atoms with Crippen LogP contribution in [0, 0.1) is 0 Å². The SMILES string of the molecule is CCCCOc1ccc(NS(=O)(=O)Cc2ccccc2)cc1. The summed E-state index contributed by atoms with van der Waals surface area (Å²) in [6.07, 6.45) is 2.09. The first kappa shape index (κ1) is 16.4. The van der Waals surface area contributed by atoms with Crippen LogP contribution in [0.25, 0.3) is 0 Å². The molecule has 0 radical (unpaired) electrons. The van der Waals surface area contributed by atoms with E-state index in [9.17, 15) is 8.42 Å². The maximum atomic E-state index is 12.1. The molecule has 0 aromatic heterocycles. The molecule has 2 aromatic carbocycles. The van der Waals surface area contributed by atoms with E-state index in [1.54, 1.807) is 36.4 Å². The molecule has 0 saturated heterocycles. The summed E-state index contributed by atoms with van der Waals surface area (Å²) in [5.74, 6) is 0.710. The molecular formula is C17H21NO3S. The van der Waals surface area contributed by atoms with Gasteiger partial charge in [0.2, 0.25) is 10.0 Å². The lowest BCUT2D eigenvalue weighted by Gasteiger charge is -2.09. The number of unbranched alkanes of at least 4 members (excludes halogenated alkanes) is 1. The van der Waals surface area contributed by atoms with Gasteiger partial charge < -0.3 is 4.74 Å². The van der Waals surface area contributed by atoms with E-state index in [2.05, 4.69) is 11.6 Å². The minimum Gasteiger partial charge on any atom is -0.494 e. The van der Waals surface area contributed by atoms with Crippen LogP contribution in [0.4, 0.5) is 5.69 Å². The second kappa shape index (κ2) is 7.84. The summed E-state index contributed by atoms with van der Waals surface area (Å²) in [6, 6.07) is 16.1. The average molecular weight is 319 g/mol. The number of rotatable bonds is 8. The van der Waals surface area contributed by atoms with Crippen LogP contribution in [0.15, 0.2) is 54.6 Å². The first-order valence-corrected chi connectivity index (χ1v) is 9.01. The standard InChI is InChI=1S/C17H21NO3S/c1-2-3-13-21-17-11-9-16(10-12-17)18-22(19,20)14-15-7-5-4-6-8-15/h4-12,18H,2-3,13-14H2,1H3. The van der Waals surface area contributed by atoms with Crippen LogP contribution in [0.3, 0.4) is 0 Å². The van der Waals surface area contributed by atoms with Crippen LogP contribution in [-0.2, 0) is 15.8 Å². The molecule has 0 amide bonds. The number of hydrogen-bond acceptors (Lipinski definition) is 3. The van der Waals surface area contributed by atoms with Crippen molar-refractivity contribution in [3.05, 3.63) is 60.2 Å². The van der Waals surface area contributed by atoms with Gasteiger partial charge in [-0.1, -0.05) is 43.7 Å². The van der Waals surface area contributed by atoms with E-state index in [-0.39, 0.29) is 5.75 Å². The summed E-state index contributed by atoms with van der Waals surface area (Å²) >= 11 is 0. The number of anilines is 1. The molecule has 0 bridgehead atoms. The Bertz CT molecular complexity index is 667. The zero-order valence-corrected chi connectivity index (χ0v) is 13.5. The highest BCUT2D eigenvalue weighted by molar-refractivity contribution is 7.91. The molecule has 22 heavy (non-hydrogen) atoms. The fraction of sp³-hybridized carbons (Fsp3) is 0.294. The molecule has 0 atom stereocenters. The first-order valence-electron chi connectivity index (χ1n) is 7.36. The van der Waals surface area contributed by atoms with Gasteiger partial charge in [-0.15, -0.1) is 0 Å². The zero-order chi connectivity index (χ0) is 15.8. The molecule has 0 aliphatic carbocycles. The molecule has 2 rings (SSSR count). The largest absolute Gasteiger partial charge is 0.494 e. The minimum absolute atomic E-state index is 0.0391. The van der Waals surface area contributed by atoms with Crippen molar-refractivity contribution in [1.29, 1.82) is 0 Å². The van der Waals surface area contributed by atoms with Gasteiger partial charge in [0.05, 0.1) is 12.4 Å². The van der Waals surface area contributed by atoms with Crippen molar-refractivity contribution in [3.63, 3.8) is 0 Å². The van der Waals surface area contributed by atoms with E-state index >= 15 is 0 Å². The van der Waals surface area contributed by atoms with Crippen molar-refractivity contribution >= 4 is 15.7 Å². The van der Waals surface area contributed by atoms with Gasteiger partial charge in [-0.25, -0.2) is 8.42 Å². The van der Waals surface area contributed by atoms with E-state index in [1.807, 2.05) is 18.2 Å². The predicted octanol–water partition coefficient (Wildman–Crippen LogP) is 3.81. The third kappa shape index (κ3) is 5.41. The van der Waals surface area contributed by atoms with Crippen molar-refractivity contribution in [3.8, 4) is 5.75 Å². The predicted molar refractivity (Wildman–Crippen MR) is 89.5 cm³/mol. The van der Waals surface area contributed by atoms with E-state index in [1.165, 1.54) is 0 Å². The third-order valence-electron chi connectivity index (χ3n) is 3.09. The highest BCUT2D eigenvalue weighted by atomic mass is 32.2. The summed E-state index contributed by atoms with van der Waals surface area (Å²) in [7, 11) is -3.41. The summed E-state index contributed by atoms with van der Waals surface area (Å²) < 4.78 is 32.4. The van der Waals surface area contributed by atoms with Gasteiger partial charge in [-0.3, -0.25) is 4.72 Å². The maximum absolute atomic E-state index is 12.1. The number of ether oxygens (including phenoxy) is 1. The van der Waals surface area contributed by atoms with Gasteiger partial charge >= 0.3 is 0 Å². The first-order chi connectivity index (χ1) is 10.6. The van der Waals surface area contributed by atoms with E-state index in [4.69, 9.17) is 4.74 Å². The Kier molecular flexibility index (Phi) is 5.83. The van der Waals surface area contributed by atoms with Gasteiger partial charge in [-0.05, 0) is 36.2 Å². The normalized spacial score (nSPS) is 11.1. The average Bonchev–Trinajstić information content (AvgIpc) is 2.49. The Morgan fingerprint density at radius 2 is 1.68 bits per heavy atom. The molecule has 0 aliphatic rings. The monoisotopic (exact) mass is 319 g/mol. The van der Waals surface area contributed by atoms with Gasteiger partial charge in [-0.2, -0.15) is 0 Å². The minimum atomic E-state index is -3.41. The fourth-order valence-electron chi connectivity index (χ4n) is 1.96. The van der Waals surface area contributed by atoms with Gasteiger partial charge in [0.15, 0.2) is 0 Å². The van der Waals surface area contributed by atoms with Crippen LogP contribution in [0.2, 0.25) is 0 Å². The van der Waals surface area contributed by atoms with Gasteiger partial charge in [0.25, 0.3) is 0 Å². The lowest BCUT2D eigenvalue weighted by molar-refractivity contribution is 0.309. The highest BCUT2D eigenvalue weighted by Gasteiger charge is 2.11. The van der Waals surface area contributed by atoms with Crippen LogP contribution in [0.1, 0.15) is 25.3 Å². The smallest absolute Gasteiger partial charge is 0.236 e. The topological polar surface area (TPSA) is 55.4 Å². The quantitative estimate of drug-likeness (QED) is 0.753. The third-order valence-corrected chi connectivity index (χ3v) is 4.35. The molecule has 0 aliphatic heterocycles. The summed E-state index contributed by atoms with van der Waals surface area (Å²) in [5.41, 5.74) is 1.30. The lowest BCUT2D eigenvalue weighted by Crippen LogP contribution is -2.14. The molecule has 4 nitrogen and oxygen atoms in total.